The van der Waals surface area contributed by atoms with Crippen LogP contribution in [0.15, 0.2) is 48.7 Å². The van der Waals surface area contributed by atoms with E-state index in [2.05, 4.69) is 10.3 Å². The van der Waals surface area contributed by atoms with Gasteiger partial charge in [-0.3, -0.25) is 14.0 Å². The quantitative estimate of drug-likeness (QED) is 0.731. The maximum atomic E-state index is 12.8. The van der Waals surface area contributed by atoms with E-state index in [9.17, 15) is 9.59 Å². The molecule has 0 aliphatic rings. The lowest BCUT2D eigenvalue weighted by Gasteiger charge is -2.17. The van der Waals surface area contributed by atoms with E-state index in [1.54, 1.807) is 21.6 Å². The minimum absolute atomic E-state index is 0.165. The van der Waals surface area contributed by atoms with Crippen LogP contribution in [-0.4, -0.2) is 39.2 Å². The molecule has 2 amide bonds. The number of fused-ring (bicyclic) bond motifs is 1. The fourth-order valence-electron chi connectivity index (χ4n) is 2.98. The molecule has 0 saturated carbocycles. The number of rotatable bonds is 6. The number of carbonyl (C=O) groups is 2. The van der Waals surface area contributed by atoms with Crippen LogP contribution in [0.3, 0.4) is 0 Å². The molecule has 2 aromatic heterocycles. The highest BCUT2D eigenvalue weighted by Crippen LogP contribution is 2.16. The lowest BCUT2D eigenvalue weighted by Crippen LogP contribution is -2.31. The summed E-state index contributed by atoms with van der Waals surface area (Å²) in [7, 11) is 0. The van der Waals surface area contributed by atoms with Crippen molar-refractivity contribution in [3.05, 3.63) is 71.3 Å². The molecule has 0 fully saturated rings. The van der Waals surface area contributed by atoms with E-state index in [4.69, 9.17) is 0 Å². The molecule has 6 nitrogen and oxygen atoms in total. The molecule has 3 rings (SSSR count). The second-order valence-corrected chi connectivity index (χ2v) is 6.39. The number of hydrogen-bond donors (Lipinski definition) is 1. The molecular weight excluding hydrogens is 340 g/mol. The fraction of sp³-hybridized carbons (Fsp3) is 0.286. The third kappa shape index (κ3) is 3.84. The first-order valence-corrected chi connectivity index (χ1v) is 9.15. The Labute approximate surface area is 158 Å². The van der Waals surface area contributed by atoms with E-state index in [1.807, 2.05) is 57.2 Å². The smallest absolute Gasteiger partial charge is 0.287 e. The zero-order valence-electron chi connectivity index (χ0n) is 15.9. The topological polar surface area (TPSA) is 66.7 Å². The summed E-state index contributed by atoms with van der Waals surface area (Å²) in [5.41, 5.74) is 3.12. The summed E-state index contributed by atoms with van der Waals surface area (Å²) < 4.78 is 1.67. The Morgan fingerprint density at radius 3 is 2.44 bits per heavy atom. The van der Waals surface area contributed by atoms with Crippen molar-refractivity contribution in [3.63, 3.8) is 0 Å². The van der Waals surface area contributed by atoms with E-state index in [0.717, 1.165) is 5.56 Å². The minimum atomic E-state index is -0.310. The molecule has 0 aliphatic heterocycles. The van der Waals surface area contributed by atoms with Gasteiger partial charge in [0, 0.05) is 25.8 Å². The predicted octanol–water partition coefficient (Wildman–Crippen LogP) is 3.05. The third-order valence-corrected chi connectivity index (χ3v) is 4.58. The van der Waals surface area contributed by atoms with Crippen LogP contribution in [0.25, 0.3) is 5.52 Å². The van der Waals surface area contributed by atoms with Gasteiger partial charge in [-0.2, -0.15) is 0 Å². The van der Waals surface area contributed by atoms with Crippen molar-refractivity contribution in [1.29, 1.82) is 0 Å². The predicted molar refractivity (Wildman–Crippen MR) is 105 cm³/mol. The van der Waals surface area contributed by atoms with Crippen molar-refractivity contribution in [2.45, 2.75) is 27.3 Å². The number of nitrogens with one attached hydrogen (secondary N) is 1. The largest absolute Gasteiger partial charge is 0.345 e. The third-order valence-electron chi connectivity index (χ3n) is 4.58. The summed E-state index contributed by atoms with van der Waals surface area (Å²) >= 11 is 0. The van der Waals surface area contributed by atoms with Gasteiger partial charge in [-0.1, -0.05) is 35.9 Å². The van der Waals surface area contributed by atoms with Gasteiger partial charge < -0.3 is 10.2 Å². The van der Waals surface area contributed by atoms with Crippen LogP contribution >= 0.6 is 0 Å². The summed E-state index contributed by atoms with van der Waals surface area (Å²) in [6.45, 7) is 7.46. The summed E-state index contributed by atoms with van der Waals surface area (Å²) in [6, 6.07) is 13.4. The Kier molecular flexibility index (Phi) is 5.54. The number of hydrogen-bond acceptors (Lipinski definition) is 3. The molecule has 0 bridgehead atoms. The van der Waals surface area contributed by atoms with Crippen LogP contribution in [0.1, 0.15) is 46.1 Å². The lowest BCUT2D eigenvalue weighted by molar-refractivity contribution is 0.0769. The highest BCUT2D eigenvalue weighted by molar-refractivity contribution is 6.02. The standard InChI is InChI=1S/C21H24N4O2/c1-4-24(5-2)21(27)18-17-8-6-7-13-25(17)19(23-18)20(26)22-14-16-11-9-15(3)10-12-16/h6-13H,4-5,14H2,1-3H3,(H,22,26). The molecule has 0 aliphatic carbocycles. The summed E-state index contributed by atoms with van der Waals surface area (Å²) in [5.74, 6) is -0.259. The van der Waals surface area contributed by atoms with Gasteiger partial charge in [0.05, 0.1) is 5.52 Å². The second-order valence-electron chi connectivity index (χ2n) is 6.39. The van der Waals surface area contributed by atoms with E-state index < -0.39 is 0 Å². The van der Waals surface area contributed by atoms with Crippen LogP contribution in [0, 0.1) is 6.92 Å². The number of imidazole rings is 1. The number of carbonyl (C=O) groups excluding carboxylic acids is 2. The zero-order chi connectivity index (χ0) is 19.4. The maximum Gasteiger partial charge on any atom is 0.287 e. The zero-order valence-corrected chi connectivity index (χ0v) is 15.9. The summed E-state index contributed by atoms with van der Waals surface area (Å²) in [6.07, 6.45) is 1.75. The SMILES string of the molecule is CCN(CC)C(=O)c1nc(C(=O)NCc2ccc(C)cc2)n2ccccc12. The van der Waals surface area contributed by atoms with Crippen molar-refractivity contribution in [1.82, 2.24) is 19.6 Å². The van der Waals surface area contributed by atoms with Gasteiger partial charge >= 0.3 is 0 Å². The molecule has 0 atom stereocenters. The van der Waals surface area contributed by atoms with Crippen molar-refractivity contribution in [3.8, 4) is 0 Å². The highest BCUT2D eigenvalue weighted by atomic mass is 16.2. The van der Waals surface area contributed by atoms with E-state index >= 15 is 0 Å². The van der Waals surface area contributed by atoms with Crippen LogP contribution in [0.5, 0.6) is 0 Å². The molecule has 0 saturated heterocycles. The van der Waals surface area contributed by atoms with Gasteiger partial charge in [0.2, 0.25) is 5.82 Å². The van der Waals surface area contributed by atoms with Gasteiger partial charge in [-0.25, -0.2) is 4.98 Å². The number of nitrogens with zero attached hydrogens (tertiary/aromatic N) is 3. The summed E-state index contributed by atoms with van der Waals surface area (Å²) in [5, 5.41) is 2.89. The molecule has 0 radical (unpaired) electrons. The Morgan fingerprint density at radius 2 is 1.78 bits per heavy atom. The Balaban J connectivity index is 1.88. The van der Waals surface area contributed by atoms with Gasteiger partial charge in [0.25, 0.3) is 11.8 Å². The average Bonchev–Trinajstić information content (AvgIpc) is 3.08. The van der Waals surface area contributed by atoms with Crippen LogP contribution < -0.4 is 5.32 Å². The number of aromatic nitrogens is 2. The fourth-order valence-corrected chi connectivity index (χ4v) is 2.98. The maximum absolute atomic E-state index is 12.8. The molecule has 1 N–H and O–H groups in total. The average molecular weight is 364 g/mol. The second kappa shape index (κ2) is 8.03. The van der Waals surface area contributed by atoms with Crippen molar-refractivity contribution in [2.24, 2.45) is 0 Å². The van der Waals surface area contributed by atoms with E-state index in [1.165, 1.54) is 5.56 Å². The normalized spacial score (nSPS) is 10.8. The van der Waals surface area contributed by atoms with Gasteiger partial charge in [-0.05, 0) is 38.5 Å². The van der Waals surface area contributed by atoms with Crippen LogP contribution in [-0.2, 0) is 6.54 Å². The number of pyridine rings is 1. The first-order valence-electron chi connectivity index (χ1n) is 9.15. The van der Waals surface area contributed by atoms with Gasteiger partial charge in [0.15, 0.2) is 5.69 Å². The van der Waals surface area contributed by atoms with Crippen LogP contribution in [0.4, 0.5) is 0 Å². The van der Waals surface area contributed by atoms with Crippen LogP contribution in [0.2, 0.25) is 0 Å². The first kappa shape index (κ1) is 18.6. The molecule has 3 aromatic rings. The minimum Gasteiger partial charge on any atom is -0.345 e. The van der Waals surface area contributed by atoms with Crippen molar-refractivity contribution >= 4 is 17.3 Å². The highest BCUT2D eigenvalue weighted by Gasteiger charge is 2.23. The van der Waals surface area contributed by atoms with Crippen molar-refractivity contribution < 1.29 is 9.59 Å². The van der Waals surface area contributed by atoms with Gasteiger partial charge in [-0.15, -0.1) is 0 Å². The lowest BCUT2D eigenvalue weighted by atomic mass is 10.1. The Bertz CT molecular complexity index is 956. The first-order chi connectivity index (χ1) is 13.0. The molecule has 140 valence electrons. The molecule has 0 unspecified atom stereocenters. The van der Waals surface area contributed by atoms with Gasteiger partial charge in [0.1, 0.15) is 0 Å². The van der Waals surface area contributed by atoms with E-state index in [0.29, 0.717) is 30.8 Å². The van der Waals surface area contributed by atoms with E-state index in [-0.39, 0.29) is 17.6 Å². The molecule has 1 aromatic carbocycles. The summed E-state index contributed by atoms with van der Waals surface area (Å²) in [4.78, 5) is 31.6. The number of amides is 2. The number of aryl methyl sites for hydroxylation is 1. The molecule has 2 heterocycles. The Morgan fingerprint density at radius 1 is 1.07 bits per heavy atom. The molecule has 27 heavy (non-hydrogen) atoms. The molecule has 6 heteroatoms. The number of benzene rings is 1. The Hall–Kier alpha value is -3.15. The monoisotopic (exact) mass is 364 g/mol. The van der Waals surface area contributed by atoms with Crippen molar-refractivity contribution in [2.75, 3.05) is 13.1 Å². The molecular formula is C21H24N4O2. The molecule has 0 spiro atoms.